The number of nitrogens with zero attached hydrogens (tertiary/aromatic N) is 1. The Bertz CT molecular complexity index is 345. The second kappa shape index (κ2) is 4.92. The molecule has 0 amide bonds. The maximum Gasteiger partial charge on any atom is 0.338 e. The van der Waals surface area contributed by atoms with Crippen molar-refractivity contribution in [3.8, 4) is 0 Å². The second-order valence-corrected chi connectivity index (χ2v) is 3.44. The zero-order chi connectivity index (χ0) is 10.6. The Morgan fingerprint density at radius 3 is 2.93 bits per heavy atom. The van der Waals surface area contributed by atoms with Gasteiger partial charge < -0.3 is 10.2 Å². The Kier molecular flexibility index (Phi) is 3.84. The summed E-state index contributed by atoms with van der Waals surface area (Å²) in [6, 6.07) is 1.10. The molecule has 0 aromatic carbocycles. The van der Waals surface area contributed by atoms with Crippen LogP contribution in [0.2, 0.25) is 0 Å². The third kappa shape index (κ3) is 2.43. The highest BCUT2D eigenvalue weighted by Crippen LogP contribution is 2.20. The SMILES string of the molecule is O=C(O)c1ccnc(SCCO)c1F. The predicted octanol–water partition coefficient (Wildman–Crippen LogP) is 1.00. The standard InChI is InChI=1S/C8H8FNO3S/c9-6-5(8(12)13)1-2-10-7(6)14-4-3-11/h1-2,11H,3-4H2,(H,12,13). The molecule has 14 heavy (non-hydrogen) atoms. The molecule has 4 nitrogen and oxygen atoms in total. The highest BCUT2D eigenvalue weighted by Gasteiger charge is 2.14. The van der Waals surface area contributed by atoms with Crippen molar-refractivity contribution in [2.45, 2.75) is 5.03 Å². The van der Waals surface area contributed by atoms with E-state index in [1.54, 1.807) is 0 Å². The molecule has 1 heterocycles. The van der Waals surface area contributed by atoms with Crippen molar-refractivity contribution in [1.82, 2.24) is 4.98 Å². The number of carboxylic acids is 1. The van der Waals surface area contributed by atoms with Crippen molar-refractivity contribution in [2.24, 2.45) is 0 Å². The summed E-state index contributed by atoms with van der Waals surface area (Å²) in [4.78, 5) is 14.2. The summed E-state index contributed by atoms with van der Waals surface area (Å²) < 4.78 is 13.3. The largest absolute Gasteiger partial charge is 0.478 e. The number of aliphatic hydroxyl groups excluding tert-OH is 1. The maximum atomic E-state index is 13.3. The van der Waals surface area contributed by atoms with Crippen molar-refractivity contribution in [3.05, 3.63) is 23.6 Å². The van der Waals surface area contributed by atoms with Crippen molar-refractivity contribution >= 4 is 17.7 Å². The molecule has 0 bridgehead atoms. The van der Waals surface area contributed by atoms with Crippen LogP contribution in [0.15, 0.2) is 17.3 Å². The van der Waals surface area contributed by atoms with E-state index in [0.717, 1.165) is 17.8 Å². The van der Waals surface area contributed by atoms with Gasteiger partial charge in [-0.05, 0) is 6.07 Å². The number of aromatic nitrogens is 1. The van der Waals surface area contributed by atoms with Crippen LogP contribution in [0, 0.1) is 5.82 Å². The van der Waals surface area contributed by atoms with E-state index < -0.39 is 17.3 Å². The number of aliphatic hydroxyl groups is 1. The number of thioether (sulfide) groups is 1. The van der Waals surface area contributed by atoms with Gasteiger partial charge in [0.05, 0.1) is 12.2 Å². The van der Waals surface area contributed by atoms with Crippen molar-refractivity contribution in [3.63, 3.8) is 0 Å². The Morgan fingerprint density at radius 2 is 2.36 bits per heavy atom. The van der Waals surface area contributed by atoms with Gasteiger partial charge >= 0.3 is 5.97 Å². The summed E-state index contributed by atoms with van der Waals surface area (Å²) in [5.41, 5.74) is -0.402. The molecule has 0 spiro atoms. The molecule has 76 valence electrons. The van der Waals surface area contributed by atoms with Gasteiger partial charge in [0, 0.05) is 11.9 Å². The zero-order valence-electron chi connectivity index (χ0n) is 7.11. The lowest BCUT2D eigenvalue weighted by molar-refractivity contribution is 0.0691. The monoisotopic (exact) mass is 217 g/mol. The van der Waals surface area contributed by atoms with Gasteiger partial charge in [0.15, 0.2) is 5.82 Å². The fraction of sp³-hybridized carbons (Fsp3) is 0.250. The predicted molar refractivity (Wildman–Crippen MR) is 49.0 cm³/mol. The van der Waals surface area contributed by atoms with Gasteiger partial charge in [0.2, 0.25) is 0 Å². The molecule has 0 unspecified atom stereocenters. The molecule has 0 fully saturated rings. The second-order valence-electron chi connectivity index (χ2n) is 2.35. The topological polar surface area (TPSA) is 70.4 Å². The van der Waals surface area contributed by atoms with Crippen LogP contribution in [0.25, 0.3) is 0 Å². The van der Waals surface area contributed by atoms with Gasteiger partial charge in [-0.2, -0.15) is 0 Å². The highest BCUT2D eigenvalue weighted by molar-refractivity contribution is 7.99. The zero-order valence-corrected chi connectivity index (χ0v) is 7.92. The molecule has 2 N–H and O–H groups in total. The lowest BCUT2D eigenvalue weighted by Gasteiger charge is -2.02. The Labute approximate surface area is 83.8 Å². The molecule has 1 rings (SSSR count). The van der Waals surface area contributed by atoms with Gasteiger partial charge in [0.25, 0.3) is 0 Å². The van der Waals surface area contributed by atoms with E-state index in [9.17, 15) is 9.18 Å². The molecular weight excluding hydrogens is 209 g/mol. The molecule has 0 aliphatic heterocycles. The Hall–Kier alpha value is -1.14. The summed E-state index contributed by atoms with van der Waals surface area (Å²) in [6.45, 7) is -0.108. The number of halogens is 1. The van der Waals surface area contributed by atoms with E-state index >= 15 is 0 Å². The first-order valence-electron chi connectivity index (χ1n) is 3.78. The van der Waals surface area contributed by atoms with Gasteiger partial charge in [-0.15, -0.1) is 11.8 Å². The Balaban J connectivity index is 2.95. The molecule has 6 heteroatoms. The molecule has 0 atom stereocenters. The smallest absolute Gasteiger partial charge is 0.338 e. The number of carbonyl (C=O) groups is 1. The normalized spacial score (nSPS) is 10.1. The summed E-state index contributed by atoms with van der Waals surface area (Å²) in [5, 5.41) is 17.1. The molecule has 1 aromatic heterocycles. The number of pyridine rings is 1. The third-order valence-electron chi connectivity index (χ3n) is 1.42. The fourth-order valence-electron chi connectivity index (χ4n) is 0.833. The van der Waals surface area contributed by atoms with Crippen molar-refractivity contribution < 1.29 is 19.4 Å². The van der Waals surface area contributed by atoms with Crippen molar-refractivity contribution in [1.29, 1.82) is 0 Å². The van der Waals surface area contributed by atoms with Gasteiger partial charge in [-0.25, -0.2) is 14.2 Å². The van der Waals surface area contributed by atoms with Crippen molar-refractivity contribution in [2.75, 3.05) is 12.4 Å². The molecule has 1 aromatic rings. The molecule has 0 saturated carbocycles. The van der Waals surface area contributed by atoms with Crippen LogP contribution in [-0.2, 0) is 0 Å². The van der Waals surface area contributed by atoms with E-state index in [1.807, 2.05) is 0 Å². The van der Waals surface area contributed by atoms with E-state index in [1.165, 1.54) is 6.20 Å². The molecule has 0 saturated heterocycles. The average molecular weight is 217 g/mol. The fourth-order valence-corrected chi connectivity index (χ4v) is 1.49. The quantitative estimate of drug-likeness (QED) is 0.736. The minimum atomic E-state index is -1.32. The lowest BCUT2D eigenvalue weighted by atomic mass is 10.3. The van der Waals surface area contributed by atoms with Gasteiger partial charge in [-0.3, -0.25) is 0 Å². The van der Waals surface area contributed by atoms with E-state index in [-0.39, 0.29) is 17.4 Å². The van der Waals surface area contributed by atoms with Crippen LogP contribution in [0.3, 0.4) is 0 Å². The number of hydrogen-bond donors (Lipinski definition) is 2. The Morgan fingerprint density at radius 1 is 1.64 bits per heavy atom. The van der Waals surface area contributed by atoms with E-state index in [4.69, 9.17) is 10.2 Å². The third-order valence-corrected chi connectivity index (χ3v) is 2.36. The maximum absolute atomic E-state index is 13.3. The number of aromatic carboxylic acids is 1. The number of hydrogen-bond acceptors (Lipinski definition) is 4. The van der Waals surface area contributed by atoms with Gasteiger partial charge in [-0.1, -0.05) is 0 Å². The first-order chi connectivity index (χ1) is 6.66. The summed E-state index contributed by atoms with van der Waals surface area (Å²) in [7, 11) is 0. The molecule has 0 radical (unpaired) electrons. The minimum absolute atomic E-state index is 0.000972. The van der Waals surface area contributed by atoms with Crippen LogP contribution in [0.5, 0.6) is 0 Å². The minimum Gasteiger partial charge on any atom is -0.478 e. The summed E-state index contributed by atoms with van der Waals surface area (Å²) in [6.07, 6.45) is 1.23. The molecular formula is C8H8FNO3S. The van der Waals surface area contributed by atoms with Gasteiger partial charge in [0.1, 0.15) is 5.03 Å². The molecule has 0 aliphatic carbocycles. The van der Waals surface area contributed by atoms with Crippen LogP contribution < -0.4 is 0 Å². The van der Waals surface area contributed by atoms with Crippen LogP contribution in [0.4, 0.5) is 4.39 Å². The summed E-state index contributed by atoms with van der Waals surface area (Å²) >= 11 is 0.979. The van der Waals surface area contributed by atoms with Crippen LogP contribution >= 0.6 is 11.8 Å². The lowest BCUT2D eigenvalue weighted by Crippen LogP contribution is -2.03. The average Bonchev–Trinajstić information content (AvgIpc) is 2.16. The van der Waals surface area contributed by atoms with Crippen LogP contribution in [-0.4, -0.2) is 33.5 Å². The first-order valence-corrected chi connectivity index (χ1v) is 4.77. The number of carboxylic acid groups (broad SMARTS) is 1. The van der Waals surface area contributed by atoms with E-state index in [2.05, 4.69) is 4.98 Å². The summed E-state index contributed by atoms with van der Waals surface area (Å²) in [5.74, 6) is -1.89. The highest BCUT2D eigenvalue weighted by atomic mass is 32.2. The van der Waals surface area contributed by atoms with E-state index in [0.29, 0.717) is 0 Å². The number of rotatable bonds is 4. The first kappa shape index (κ1) is 10.9. The van der Waals surface area contributed by atoms with Crippen LogP contribution in [0.1, 0.15) is 10.4 Å². The molecule has 0 aliphatic rings.